The second kappa shape index (κ2) is 12.5. The molecule has 0 aromatic carbocycles. The SMILES string of the molecule is CC[C@H]1OC(=O)[C@H](C)C(=O)[C@H](C)[C@@H](OC2O[C@H](C)C[C@H](C)[C@H]2C)C(C)(C)C[C@@H](C)C2=N[C@@H](C)CN3C(=O)O[C@H]1[C@H]3[C@H]2C. The number of rotatable bonds is 3. The van der Waals surface area contributed by atoms with Crippen LogP contribution in [-0.4, -0.2) is 77.8 Å². The van der Waals surface area contributed by atoms with Crippen LogP contribution >= 0.6 is 0 Å². The first-order chi connectivity index (χ1) is 19.6. The number of Topliss-reactive ketones (excluding diaryl/α,β-unsaturated/α-hetero) is 1. The van der Waals surface area contributed by atoms with E-state index in [1.807, 2.05) is 20.8 Å². The summed E-state index contributed by atoms with van der Waals surface area (Å²) in [6.45, 7) is 22.9. The van der Waals surface area contributed by atoms with Crippen molar-refractivity contribution in [3.05, 3.63) is 0 Å². The number of ether oxygens (including phenoxy) is 4. The van der Waals surface area contributed by atoms with Crippen molar-refractivity contribution in [2.75, 3.05) is 6.54 Å². The summed E-state index contributed by atoms with van der Waals surface area (Å²) < 4.78 is 25.1. The molecule has 4 heterocycles. The van der Waals surface area contributed by atoms with Gasteiger partial charge in [-0.05, 0) is 57.3 Å². The summed E-state index contributed by atoms with van der Waals surface area (Å²) in [6, 6.07) is -0.418. The molecule has 42 heavy (non-hydrogen) atoms. The predicted octanol–water partition coefficient (Wildman–Crippen LogP) is 5.68. The van der Waals surface area contributed by atoms with Crippen molar-refractivity contribution in [3.63, 3.8) is 0 Å². The van der Waals surface area contributed by atoms with Crippen molar-refractivity contribution in [2.45, 2.75) is 138 Å². The fourth-order valence-corrected chi connectivity index (χ4v) is 8.05. The largest absolute Gasteiger partial charge is 0.458 e. The highest BCUT2D eigenvalue weighted by Crippen LogP contribution is 2.43. The van der Waals surface area contributed by atoms with Crippen LogP contribution in [0.2, 0.25) is 0 Å². The van der Waals surface area contributed by atoms with E-state index < -0.39 is 53.9 Å². The van der Waals surface area contributed by atoms with Crippen LogP contribution in [0.1, 0.15) is 95.4 Å². The summed E-state index contributed by atoms with van der Waals surface area (Å²) >= 11 is 0. The van der Waals surface area contributed by atoms with E-state index in [1.54, 1.807) is 11.8 Å². The van der Waals surface area contributed by atoms with Crippen LogP contribution in [0.3, 0.4) is 0 Å². The maximum absolute atomic E-state index is 14.0. The van der Waals surface area contributed by atoms with Crippen molar-refractivity contribution >= 4 is 23.6 Å². The van der Waals surface area contributed by atoms with E-state index in [4.69, 9.17) is 23.9 Å². The molecule has 0 aromatic rings. The van der Waals surface area contributed by atoms with Gasteiger partial charge in [0.15, 0.2) is 18.2 Å². The second-order valence-electron chi connectivity index (χ2n) is 14.5. The molecule has 238 valence electrons. The smallest absolute Gasteiger partial charge is 0.410 e. The number of hydrogen-bond donors (Lipinski definition) is 0. The van der Waals surface area contributed by atoms with Crippen molar-refractivity contribution in [1.82, 2.24) is 4.90 Å². The fraction of sp³-hybridized carbons (Fsp3) is 0.879. The van der Waals surface area contributed by atoms with Gasteiger partial charge in [0.05, 0.1) is 24.3 Å². The highest BCUT2D eigenvalue weighted by molar-refractivity contribution is 6.00. The lowest BCUT2D eigenvalue weighted by Crippen LogP contribution is -2.52. The van der Waals surface area contributed by atoms with Crippen LogP contribution in [-0.2, 0) is 28.5 Å². The van der Waals surface area contributed by atoms with Crippen molar-refractivity contribution in [2.24, 2.45) is 45.9 Å². The van der Waals surface area contributed by atoms with Crippen molar-refractivity contribution in [1.29, 1.82) is 0 Å². The van der Waals surface area contributed by atoms with Crippen LogP contribution in [0.4, 0.5) is 4.79 Å². The lowest BCUT2D eigenvalue weighted by atomic mass is 9.69. The highest BCUT2D eigenvalue weighted by atomic mass is 16.7. The second-order valence-corrected chi connectivity index (χ2v) is 14.5. The lowest BCUT2D eigenvalue weighted by molar-refractivity contribution is -0.267. The van der Waals surface area contributed by atoms with Crippen molar-refractivity contribution in [3.8, 4) is 0 Å². The van der Waals surface area contributed by atoms with Crippen molar-refractivity contribution < 1.29 is 33.3 Å². The Morgan fingerprint density at radius 2 is 1.64 bits per heavy atom. The molecule has 0 aliphatic carbocycles. The summed E-state index contributed by atoms with van der Waals surface area (Å²) in [5.41, 5.74) is 0.556. The van der Waals surface area contributed by atoms with E-state index in [2.05, 4.69) is 48.5 Å². The molecule has 3 saturated heterocycles. The van der Waals surface area contributed by atoms with Crippen LogP contribution in [0, 0.1) is 40.9 Å². The Morgan fingerprint density at radius 1 is 0.976 bits per heavy atom. The number of fused-ring (bicyclic) bond motifs is 1. The van der Waals surface area contributed by atoms with E-state index in [1.165, 1.54) is 0 Å². The topological polar surface area (TPSA) is 104 Å². The van der Waals surface area contributed by atoms with E-state index in [0.717, 1.165) is 12.1 Å². The van der Waals surface area contributed by atoms with Gasteiger partial charge >= 0.3 is 12.1 Å². The Kier molecular flexibility index (Phi) is 9.83. The average Bonchev–Trinajstić information content (AvgIpc) is 3.16. The quantitative estimate of drug-likeness (QED) is 0.308. The lowest BCUT2D eigenvalue weighted by Gasteiger charge is -2.46. The summed E-state index contributed by atoms with van der Waals surface area (Å²) in [4.78, 5) is 47.5. The third kappa shape index (κ3) is 6.28. The average molecular weight is 591 g/mol. The maximum atomic E-state index is 14.0. The molecule has 0 spiro atoms. The standard InChI is InChI=1S/C33H54N2O7/c1-12-24-28-26-21(7)25(34-18(4)15-35(26)32(38)41-28)17(3)14-33(10,11)29(22(8)27(36)23(9)30(37)40-24)42-31-20(6)16(2)13-19(5)39-31/h16-24,26,28-29,31H,12-15H2,1-11H3/t16-,17+,18-,19+,20+,21-,22-,23+,24+,26+,28+,29+,31?/m0/s1. The van der Waals surface area contributed by atoms with Gasteiger partial charge in [0.1, 0.15) is 12.0 Å². The summed E-state index contributed by atoms with van der Waals surface area (Å²) in [6.07, 6.45) is -0.466. The molecule has 0 radical (unpaired) electrons. The minimum atomic E-state index is -0.990. The number of hydrogen-bond acceptors (Lipinski definition) is 8. The molecule has 1 amide bonds. The molecule has 0 aromatic heterocycles. The molecule has 4 aliphatic rings. The maximum Gasteiger partial charge on any atom is 0.410 e. The third-order valence-corrected chi connectivity index (χ3v) is 10.5. The number of carbonyl (C=O) groups excluding carboxylic acids is 3. The number of carbonyl (C=O) groups is 3. The van der Waals surface area contributed by atoms with E-state index in [9.17, 15) is 14.4 Å². The van der Waals surface area contributed by atoms with Gasteiger partial charge in [-0.1, -0.05) is 55.4 Å². The normalized spacial score (nSPS) is 44.9. The van der Waals surface area contributed by atoms with Gasteiger partial charge in [-0.2, -0.15) is 0 Å². The molecule has 9 heteroatoms. The van der Waals surface area contributed by atoms with Gasteiger partial charge in [0.25, 0.3) is 0 Å². The monoisotopic (exact) mass is 590 g/mol. The molecule has 13 atom stereocenters. The first kappa shape index (κ1) is 32.9. The fourth-order valence-electron chi connectivity index (χ4n) is 8.05. The van der Waals surface area contributed by atoms with Gasteiger partial charge < -0.3 is 18.9 Å². The minimum Gasteiger partial charge on any atom is -0.458 e. The molecule has 0 N–H and O–H groups in total. The van der Waals surface area contributed by atoms with Crippen LogP contribution in [0.5, 0.6) is 0 Å². The predicted molar refractivity (Wildman–Crippen MR) is 160 cm³/mol. The first-order valence-electron chi connectivity index (χ1n) is 16.2. The third-order valence-electron chi connectivity index (χ3n) is 10.5. The van der Waals surface area contributed by atoms with Gasteiger partial charge in [0.2, 0.25) is 0 Å². The molecule has 2 bridgehead atoms. The summed E-state index contributed by atoms with van der Waals surface area (Å²) in [5.74, 6) is -1.86. The van der Waals surface area contributed by atoms with Gasteiger partial charge in [-0.15, -0.1) is 0 Å². The number of esters is 1. The Balaban J connectivity index is 1.77. The Morgan fingerprint density at radius 3 is 2.29 bits per heavy atom. The zero-order valence-corrected chi connectivity index (χ0v) is 27.6. The first-order valence-corrected chi connectivity index (χ1v) is 16.2. The summed E-state index contributed by atoms with van der Waals surface area (Å²) in [5, 5.41) is 0. The molecule has 0 saturated carbocycles. The minimum absolute atomic E-state index is 0.0488. The van der Waals surface area contributed by atoms with Crippen LogP contribution in [0.15, 0.2) is 4.99 Å². The van der Waals surface area contributed by atoms with E-state index in [0.29, 0.717) is 25.3 Å². The van der Waals surface area contributed by atoms with E-state index in [-0.39, 0.29) is 41.7 Å². The van der Waals surface area contributed by atoms with Crippen LogP contribution < -0.4 is 0 Å². The number of ketones is 1. The molecule has 4 rings (SSSR count). The Bertz CT molecular complexity index is 1060. The molecule has 4 aliphatic heterocycles. The molecule has 9 nitrogen and oxygen atoms in total. The molecule has 1 unspecified atom stereocenters. The van der Waals surface area contributed by atoms with Gasteiger partial charge in [0, 0.05) is 30.0 Å². The zero-order chi connectivity index (χ0) is 31.3. The molecular formula is C33H54N2O7. The highest BCUT2D eigenvalue weighted by Gasteiger charge is 2.53. The number of amides is 1. The zero-order valence-electron chi connectivity index (χ0n) is 27.6. The Hall–Kier alpha value is -2.00. The number of nitrogens with zero attached hydrogens (tertiary/aromatic N) is 2. The Labute approximate surface area is 252 Å². The van der Waals surface area contributed by atoms with Gasteiger partial charge in [-0.3, -0.25) is 19.5 Å². The molecule has 3 fully saturated rings. The summed E-state index contributed by atoms with van der Waals surface area (Å²) in [7, 11) is 0. The number of cyclic esters (lactones) is 1. The number of aliphatic imine (C=N–C) groups is 1. The molecular weight excluding hydrogens is 536 g/mol. The van der Waals surface area contributed by atoms with Crippen LogP contribution in [0.25, 0.3) is 0 Å². The van der Waals surface area contributed by atoms with E-state index >= 15 is 0 Å². The van der Waals surface area contributed by atoms with Gasteiger partial charge in [-0.25, -0.2) is 4.79 Å².